The quantitative estimate of drug-likeness (QED) is 0.443. The number of hydrogen-bond acceptors (Lipinski definition) is 3. The summed E-state index contributed by atoms with van der Waals surface area (Å²) in [4.78, 5) is 13.5. The van der Waals surface area contributed by atoms with Crippen molar-refractivity contribution in [2.45, 2.75) is 19.1 Å². The average Bonchev–Trinajstić information content (AvgIpc) is 2.72. The molecule has 3 aromatic rings. The Labute approximate surface area is 160 Å². The highest BCUT2D eigenvalue weighted by molar-refractivity contribution is 6.03. The lowest BCUT2D eigenvalue weighted by molar-refractivity contribution is -0.176. The number of rotatable bonds is 7. The predicted octanol–water partition coefficient (Wildman–Crippen LogP) is 4.91. The van der Waals surface area contributed by atoms with Crippen molar-refractivity contribution in [3.8, 4) is 0 Å². The van der Waals surface area contributed by atoms with Gasteiger partial charge < -0.3 is 9.47 Å². The third-order valence-corrected chi connectivity index (χ3v) is 4.96. The summed E-state index contributed by atoms with van der Waals surface area (Å²) < 4.78 is 11.3. The largest absolute Gasteiger partial charge is 0.343 e. The highest BCUT2D eigenvalue weighted by Gasteiger charge is 2.42. The molecule has 0 N–H and O–H groups in total. The maximum absolute atomic E-state index is 13.5. The van der Waals surface area contributed by atoms with Gasteiger partial charge in [0.2, 0.25) is 5.78 Å². The first-order valence-electron chi connectivity index (χ1n) is 8.95. The van der Waals surface area contributed by atoms with Crippen molar-refractivity contribution in [1.29, 1.82) is 0 Å². The van der Waals surface area contributed by atoms with Gasteiger partial charge in [0.15, 0.2) is 0 Å². The van der Waals surface area contributed by atoms with E-state index in [1.165, 1.54) is 19.8 Å². The van der Waals surface area contributed by atoms with E-state index in [1.807, 2.05) is 67.6 Å². The van der Waals surface area contributed by atoms with Crippen LogP contribution in [-0.4, -0.2) is 20.0 Å². The molecule has 0 amide bonds. The van der Waals surface area contributed by atoms with Crippen molar-refractivity contribution < 1.29 is 14.3 Å². The molecule has 0 aromatic heterocycles. The number of carbonyl (C=O) groups excluding carboxylic acids is 1. The van der Waals surface area contributed by atoms with Crippen molar-refractivity contribution in [2.75, 3.05) is 14.2 Å². The molecule has 0 aliphatic heterocycles. The van der Waals surface area contributed by atoms with E-state index in [2.05, 4.69) is 18.2 Å². The first kappa shape index (κ1) is 19.0. The molecule has 138 valence electrons. The van der Waals surface area contributed by atoms with E-state index < -0.39 is 5.79 Å². The zero-order valence-corrected chi connectivity index (χ0v) is 15.9. The third-order valence-electron chi connectivity index (χ3n) is 4.96. The van der Waals surface area contributed by atoms with Crippen LogP contribution in [0, 0.1) is 6.92 Å². The third kappa shape index (κ3) is 3.70. The summed E-state index contributed by atoms with van der Waals surface area (Å²) in [5, 5.41) is 0. The van der Waals surface area contributed by atoms with E-state index in [9.17, 15) is 4.79 Å². The molecule has 0 bridgehead atoms. The van der Waals surface area contributed by atoms with Gasteiger partial charge in [0.25, 0.3) is 5.79 Å². The molecule has 0 saturated heterocycles. The molecule has 0 unspecified atom stereocenters. The number of ether oxygens (including phenoxy) is 2. The van der Waals surface area contributed by atoms with Gasteiger partial charge in [-0.25, -0.2) is 0 Å². The molecule has 0 radical (unpaired) electrons. The Bertz CT molecular complexity index is 897. The van der Waals surface area contributed by atoms with Gasteiger partial charge in [-0.2, -0.15) is 0 Å². The van der Waals surface area contributed by atoms with Crippen LogP contribution >= 0.6 is 0 Å². The van der Waals surface area contributed by atoms with Gasteiger partial charge in [-0.15, -0.1) is 0 Å². The second-order valence-corrected chi connectivity index (χ2v) is 6.47. The second kappa shape index (κ2) is 8.30. The van der Waals surface area contributed by atoms with Crippen LogP contribution in [0.25, 0.3) is 0 Å². The normalized spacial score (nSPS) is 11.4. The molecule has 0 heterocycles. The Hall–Kier alpha value is -2.75. The number of Topliss-reactive ketones (excluding diaryl/α,β-unsaturated/α-hetero) is 1. The molecule has 27 heavy (non-hydrogen) atoms. The van der Waals surface area contributed by atoms with Gasteiger partial charge in [-0.05, 0) is 30.0 Å². The number of methoxy groups -OCH3 is 2. The standard InChI is InChI=1S/C24H24O3/c1-18-20(17-19-11-6-4-7-12-19)13-10-16-22(18)23(25)24(26-2,27-3)21-14-8-5-9-15-21/h4-16H,17H2,1-3H3. The Morgan fingerprint density at radius 3 is 2.00 bits per heavy atom. The van der Waals surface area contributed by atoms with Crippen LogP contribution in [0.15, 0.2) is 78.9 Å². The number of carbonyl (C=O) groups is 1. The van der Waals surface area contributed by atoms with Crippen LogP contribution in [-0.2, 0) is 21.7 Å². The van der Waals surface area contributed by atoms with E-state index in [0.29, 0.717) is 11.1 Å². The minimum Gasteiger partial charge on any atom is -0.343 e. The molecular formula is C24H24O3. The van der Waals surface area contributed by atoms with E-state index in [4.69, 9.17) is 9.47 Å². The molecule has 0 atom stereocenters. The molecule has 3 aromatic carbocycles. The molecule has 0 aliphatic rings. The van der Waals surface area contributed by atoms with Crippen LogP contribution < -0.4 is 0 Å². The topological polar surface area (TPSA) is 35.5 Å². The minimum absolute atomic E-state index is 0.203. The van der Waals surface area contributed by atoms with Crippen molar-refractivity contribution in [3.05, 3.63) is 107 Å². The van der Waals surface area contributed by atoms with Crippen molar-refractivity contribution in [3.63, 3.8) is 0 Å². The molecular weight excluding hydrogens is 336 g/mol. The fourth-order valence-corrected chi connectivity index (χ4v) is 3.41. The predicted molar refractivity (Wildman–Crippen MR) is 107 cm³/mol. The molecule has 0 aliphatic carbocycles. The van der Waals surface area contributed by atoms with Crippen LogP contribution in [0.1, 0.15) is 32.6 Å². The zero-order chi connectivity index (χ0) is 19.3. The summed E-state index contributed by atoms with van der Waals surface area (Å²) in [6.07, 6.45) is 0.770. The molecule has 0 fully saturated rings. The zero-order valence-electron chi connectivity index (χ0n) is 15.9. The SMILES string of the molecule is COC(OC)(C(=O)c1cccc(Cc2ccccc2)c1C)c1ccccc1. The lowest BCUT2D eigenvalue weighted by Crippen LogP contribution is -2.40. The van der Waals surface area contributed by atoms with Gasteiger partial charge >= 0.3 is 0 Å². The van der Waals surface area contributed by atoms with Crippen LogP contribution in [0.5, 0.6) is 0 Å². The van der Waals surface area contributed by atoms with Gasteiger partial charge in [-0.1, -0.05) is 78.9 Å². The highest BCUT2D eigenvalue weighted by atomic mass is 16.7. The minimum atomic E-state index is -1.46. The van der Waals surface area contributed by atoms with E-state index in [1.54, 1.807) is 0 Å². The number of hydrogen-bond donors (Lipinski definition) is 0. The molecule has 3 rings (SSSR count). The monoisotopic (exact) mass is 360 g/mol. The summed E-state index contributed by atoms with van der Waals surface area (Å²) in [6.45, 7) is 1.98. The maximum Gasteiger partial charge on any atom is 0.260 e. The van der Waals surface area contributed by atoms with E-state index in [0.717, 1.165) is 17.5 Å². The lowest BCUT2D eigenvalue weighted by Gasteiger charge is -2.30. The van der Waals surface area contributed by atoms with Crippen LogP contribution in [0.3, 0.4) is 0 Å². The summed E-state index contributed by atoms with van der Waals surface area (Å²) in [5.74, 6) is -1.66. The van der Waals surface area contributed by atoms with E-state index in [-0.39, 0.29) is 5.78 Å². The summed E-state index contributed by atoms with van der Waals surface area (Å²) >= 11 is 0. The lowest BCUT2D eigenvalue weighted by atomic mass is 9.89. The van der Waals surface area contributed by atoms with Gasteiger partial charge in [0.1, 0.15) is 0 Å². The molecule has 3 heteroatoms. The summed E-state index contributed by atoms with van der Waals surface area (Å²) in [6, 6.07) is 25.4. The number of benzene rings is 3. The summed E-state index contributed by atoms with van der Waals surface area (Å²) in [5.41, 5.74) is 4.55. The van der Waals surface area contributed by atoms with Gasteiger partial charge in [0.05, 0.1) is 0 Å². The smallest absolute Gasteiger partial charge is 0.260 e. The molecule has 0 saturated carbocycles. The van der Waals surface area contributed by atoms with Gasteiger partial charge in [0, 0.05) is 25.3 Å². The van der Waals surface area contributed by atoms with Crippen molar-refractivity contribution in [1.82, 2.24) is 0 Å². The van der Waals surface area contributed by atoms with Crippen LogP contribution in [0.2, 0.25) is 0 Å². The van der Waals surface area contributed by atoms with E-state index >= 15 is 0 Å². The first-order chi connectivity index (χ1) is 13.1. The maximum atomic E-state index is 13.5. The Morgan fingerprint density at radius 1 is 0.815 bits per heavy atom. The highest BCUT2D eigenvalue weighted by Crippen LogP contribution is 2.32. The molecule has 3 nitrogen and oxygen atoms in total. The Kier molecular flexibility index (Phi) is 5.84. The first-order valence-corrected chi connectivity index (χ1v) is 8.95. The fourth-order valence-electron chi connectivity index (χ4n) is 3.41. The van der Waals surface area contributed by atoms with Gasteiger partial charge in [-0.3, -0.25) is 4.79 Å². The van der Waals surface area contributed by atoms with Crippen LogP contribution in [0.4, 0.5) is 0 Å². The van der Waals surface area contributed by atoms with Crippen molar-refractivity contribution >= 4 is 5.78 Å². The Balaban J connectivity index is 2.02. The second-order valence-electron chi connectivity index (χ2n) is 6.47. The molecule has 0 spiro atoms. The Morgan fingerprint density at radius 2 is 1.41 bits per heavy atom. The fraction of sp³-hybridized carbons (Fsp3) is 0.208. The number of ketones is 1. The average molecular weight is 360 g/mol. The summed E-state index contributed by atoms with van der Waals surface area (Å²) in [7, 11) is 3.00. The van der Waals surface area contributed by atoms with Crippen molar-refractivity contribution in [2.24, 2.45) is 0 Å².